The standard InChI is InChI=1S/C13H17N5O/c1-2-4-12-11(3-1)15-13(17-16-12)14-5-6-18-7-9-19-10-8-18/h1-4H,5-10H2,(H,14,15,17). The molecule has 1 saturated heterocycles. The number of para-hydroxylation sites is 1. The molecule has 1 fully saturated rings. The first-order valence-corrected chi connectivity index (χ1v) is 6.55. The first kappa shape index (κ1) is 12.3. The van der Waals surface area contributed by atoms with E-state index in [1.165, 1.54) is 0 Å². The summed E-state index contributed by atoms with van der Waals surface area (Å²) in [6.45, 7) is 5.44. The Labute approximate surface area is 111 Å². The highest BCUT2D eigenvalue weighted by atomic mass is 16.5. The van der Waals surface area contributed by atoms with Crippen molar-refractivity contribution in [1.29, 1.82) is 0 Å². The van der Waals surface area contributed by atoms with Gasteiger partial charge >= 0.3 is 0 Å². The Morgan fingerprint density at radius 3 is 2.74 bits per heavy atom. The van der Waals surface area contributed by atoms with Crippen molar-refractivity contribution in [2.75, 3.05) is 44.7 Å². The predicted molar refractivity (Wildman–Crippen MR) is 73.1 cm³/mol. The third-order valence-electron chi connectivity index (χ3n) is 3.18. The number of fused-ring (bicyclic) bond motifs is 1. The zero-order valence-corrected chi connectivity index (χ0v) is 10.7. The van der Waals surface area contributed by atoms with Crippen LogP contribution in [-0.2, 0) is 4.74 Å². The summed E-state index contributed by atoms with van der Waals surface area (Å²) >= 11 is 0. The van der Waals surface area contributed by atoms with Crippen molar-refractivity contribution in [2.24, 2.45) is 0 Å². The molecule has 0 atom stereocenters. The summed E-state index contributed by atoms with van der Waals surface area (Å²) in [5.41, 5.74) is 1.69. The number of anilines is 1. The molecule has 1 N–H and O–H groups in total. The van der Waals surface area contributed by atoms with E-state index in [1.54, 1.807) is 0 Å². The van der Waals surface area contributed by atoms with E-state index in [1.807, 2.05) is 24.3 Å². The fourth-order valence-electron chi connectivity index (χ4n) is 2.11. The smallest absolute Gasteiger partial charge is 0.243 e. The largest absolute Gasteiger partial charge is 0.379 e. The van der Waals surface area contributed by atoms with E-state index in [-0.39, 0.29) is 0 Å². The monoisotopic (exact) mass is 259 g/mol. The molecule has 1 aromatic carbocycles. The van der Waals surface area contributed by atoms with Crippen LogP contribution in [0.2, 0.25) is 0 Å². The minimum absolute atomic E-state index is 0.590. The molecule has 6 heteroatoms. The molecule has 0 bridgehead atoms. The van der Waals surface area contributed by atoms with E-state index >= 15 is 0 Å². The molecular formula is C13H17N5O. The van der Waals surface area contributed by atoms with Crippen LogP contribution in [0.3, 0.4) is 0 Å². The molecule has 2 heterocycles. The first-order chi connectivity index (χ1) is 9.42. The number of hydrogen-bond acceptors (Lipinski definition) is 6. The van der Waals surface area contributed by atoms with Gasteiger partial charge in [0.2, 0.25) is 5.95 Å². The van der Waals surface area contributed by atoms with E-state index in [2.05, 4.69) is 25.4 Å². The second-order valence-corrected chi connectivity index (χ2v) is 4.50. The van der Waals surface area contributed by atoms with Crippen molar-refractivity contribution < 1.29 is 4.74 Å². The van der Waals surface area contributed by atoms with Crippen molar-refractivity contribution in [3.8, 4) is 0 Å². The lowest BCUT2D eigenvalue weighted by molar-refractivity contribution is 0.0398. The van der Waals surface area contributed by atoms with Crippen LogP contribution in [0.5, 0.6) is 0 Å². The Bertz CT molecular complexity index is 541. The van der Waals surface area contributed by atoms with Gasteiger partial charge < -0.3 is 10.1 Å². The van der Waals surface area contributed by atoms with Crippen LogP contribution >= 0.6 is 0 Å². The maximum Gasteiger partial charge on any atom is 0.243 e. The van der Waals surface area contributed by atoms with Gasteiger partial charge in [0.25, 0.3) is 0 Å². The van der Waals surface area contributed by atoms with Crippen molar-refractivity contribution in [3.05, 3.63) is 24.3 Å². The van der Waals surface area contributed by atoms with Gasteiger partial charge in [0, 0.05) is 26.2 Å². The molecule has 1 aliphatic rings. The third kappa shape index (κ3) is 3.15. The second-order valence-electron chi connectivity index (χ2n) is 4.50. The van der Waals surface area contributed by atoms with Crippen molar-refractivity contribution in [2.45, 2.75) is 0 Å². The number of rotatable bonds is 4. The number of morpholine rings is 1. The first-order valence-electron chi connectivity index (χ1n) is 6.55. The van der Waals surface area contributed by atoms with Crippen LogP contribution in [0, 0.1) is 0 Å². The summed E-state index contributed by atoms with van der Waals surface area (Å²) in [7, 11) is 0. The van der Waals surface area contributed by atoms with Gasteiger partial charge in [-0.3, -0.25) is 4.90 Å². The number of aromatic nitrogens is 3. The van der Waals surface area contributed by atoms with Crippen LogP contribution in [0.4, 0.5) is 5.95 Å². The van der Waals surface area contributed by atoms with Gasteiger partial charge in [-0.15, -0.1) is 10.2 Å². The lowest BCUT2D eigenvalue weighted by atomic mass is 10.3. The summed E-state index contributed by atoms with van der Waals surface area (Å²) in [5, 5.41) is 11.4. The lowest BCUT2D eigenvalue weighted by Gasteiger charge is -2.26. The zero-order chi connectivity index (χ0) is 12.9. The van der Waals surface area contributed by atoms with E-state index in [9.17, 15) is 0 Å². The fraction of sp³-hybridized carbons (Fsp3) is 0.462. The summed E-state index contributed by atoms with van der Waals surface area (Å²) < 4.78 is 5.32. The summed E-state index contributed by atoms with van der Waals surface area (Å²) in [6, 6.07) is 7.74. The van der Waals surface area contributed by atoms with Crippen LogP contribution in [-0.4, -0.2) is 59.5 Å². The van der Waals surface area contributed by atoms with E-state index in [0.717, 1.165) is 50.4 Å². The maximum absolute atomic E-state index is 5.32. The Balaban J connectivity index is 1.56. The number of nitrogens with one attached hydrogen (secondary N) is 1. The number of benzene rings is 1. The average Bonchev–Trinajstić information content (AvgIpc) is 2.48. The Kier molecular flexibility index (Phi) is 3.81. The van der Waals surface area contributed by atoms with E-state index in [0.29, 0.717) is 5.95 Å². The van der Waals surface area contributed by atoms with Crippen LogP contribution < -0.4 is 5.32 Å². The molecule has 0 radical (unpaired) electrons. The summed E-state index contributed by atoms with van der Waals surface area (Å²) in [6.07, 6.45) is 0. The number of ether oxygens (including phenoxy) is 1. The Morgan fingerprint density at radius 2 is 1.89 bits per heavy atom. The maximum atomic E-state index is 5.32. The average molecular weight is 259 g/mol. The molecule has 0 unspecified atom stereocenters. The highest BCUT2D eigenvalue weighted by Crippen LogP contribution is 2.08. The number of hydrogen-bond donors (Lipinski definition) is 1. The fourth-order valence-corrected chi connectivity index (χ4v) is 2.11. The van der Waals surface area contributed by atoms with Gasteiger partial charge in [0.1, 0.15) is 5.52 Å². The van der Waals surface area contributed by atoms with E-state index < -0.39 is 0 Å². The highest BCUT2D eigenvalue weighted by molar-refractivity contribution is 5.73. The molecule has 1 aliphatic heterocycles. The van der Waals surface area contributed by atoms with E-state index in [4.69, 9.17) is 4.74 Å². The molecular weight excluding hydrogens is 242 g/mol. The molecule has 6 nitrogen and oxygen atoms in total. The van der Waals surface area contributed by atoms with Gasteiger partial charge in [-0.25, -0.2) is 4.98 Å². The third-order valence-corrected chi connectivity index (χ3v) is 3.18. The predicted octanol–water partition coefficient (Wildman–Crippen LogP) is 0.769. The molecule has 2 aromatic rings. The van der Waals surface area contributed by atoms with Gasteiger partial charge in [0.05, 0.1) is 18.7 Å². The second kappa shape index (κ2) is 5.90. The topological polar surface area (TPSA) is 63.2 Å². The van der Waals surface area contributed by atoms with Gasteiger partial charge in [-0.2, -0.15) is 0 Å². The quantitative estimate of drug-likeness (QED) is 0.875. The normalized spacial score (nSPS) is 16.6. The molecule has 0 aliphatic carbocycles. The molecule has 0 spiro atoms. The Morgan fingerprint density at radius 1 is 1.11 bits per heavy atom. The summed E-state index contributed by atoms with van der Waals surface area (Å²) in [5.74, 6) is 0.590. The Hall–Kier alpha value is -1.79. The minimum Gasteiger partial charge on any atom is -0.379 e. The molecule has 3 rings (SSSR count). The number of nitrogens with zero attached hydrogens (tertiary/aromatic N) is 4. The summed E-state index contributed by atoms with van der Waals surface area (Å²) in [4.78, 5) is 6.80. The lowest BCUT2D eigenvalue weighted by Crippen LogP contribution is -2.39. The zero-order valence-electron chi connectivity index (χ0n) is 10.7. The van der Waals surface area contributed by atoms with Gasteiger partial charge in [0.15, 0.2) is 0 Å². The van der Waals surface area contributed by atoms with Gasteiger partial charge in [-0.05, 0) is 12.1 Å². The molecule has 0 saturated carbocycles. The molecule has 0 amide bonds. The highest BCUT2D eigenvalue weighted by Gasteiger charge is 2.09. The van der Waals surface area contributed by atoms with Crippen molar-refractivity contribution >= 4 is 17.0 Å². The molecule has 100 valence electrons. The minimum atomic E-state index is 0.590. The van der Waals surface area contributed by atoms with Crippen molar-refractivity contribution in [3.63, 3.8) is 0 Å². The SMILES string of the molecule is c1ccc2nc(NCCN3CCOCC3)nnc2c1. The van der Waals surface area contributed by atoms with Crippen LogP contribution in [0.1, 0.15) is 0 Å². The van der Waals surface area contributed by atoms with Crippen molar-refractivity contribution in [1.82, 2.24) is 20.1 Å². The molecule has 19 heavy (non-hydrogen) atoms. The van der Waals surface area contributed by atoms with Crippen LogP contribution in [0.15, 0.2) is 24.3 Å². The van der Waals surface area contributed by atoms with Gasteiger partial charge in [-0.1, -0.05) is 12.1 Å². The van der Waals surface area contributed by atoms with Crippen LogP contribution in [0.25, 0.3) is 11.0 Å². The molecule has 1 aromatic heterocycles.